The lowest BCUT2D eigenvalue weighted by Gasteiger charge is -2.08. The van der Waals surface area contributed by atoms with E-state index in [1.807, 2.05) is 19.2 Å². The molecular formula is C17H15FN4. The summed E-state index contributed by atoms with van der Waals surface area (Å²) < 4.78 is 13.1. The van der Waals surface area contributed by atoms with Crippen molar-refractivity contribution in [2.24, 2.45) is 0 Å². The molecule has 0 amide bonds. The molecule has 0 saturated carbocycles. The predicted octanol–water partition coefficient (Wildman–Crippen LogP) is 3.36. The molecule has 0 fully saturated rings. The van der Waals surface area contributed by atoms with Crippen LogP contribution in [0.25, 0.3) is 28.2 Å². The van der Waals surface area contributed by atoms with Gasteiger partial charge in [0.1, 0.15) is 17.3 Å². The molecule has 4 nitrogen and oxygen atoms in total. The Balaban J connectivity index is 1.87. The number of hydrogen-bond acceptors (Lipinski definition) is 3. The zero-order valence-corrected chi connectivity index (χ0v) is 12.2. The third kappa shape index (κ3) is 2.15. The van der Waals surface area contributed by atoms with Crippen molar-refractivity contribution in [1.29, 1.82) is 0 Å². The van der Waals surface area contributed by atoms with Gasteiger partial charge in [-0.1, -0.05) is 0 Å². The summed E-state index contributed by atoms with van der Waals surface area (Å²) in [5.74, 6) is 0.611. The van der Waals surface area contributed by atoms with Crippen LogP contribution < -0.4 is 5.32 Å². The Kier molecular flexibility index (Phi) is 2.92. The van der Waals surface area contributed by atoms with Gasteiger partial charge in [-0.3, -0.25) is 0 Å². The molecule has 3 aliphatic rings. The second-order valence-corrected chi connectivity index (χ2v) is 5.46. The number of halogens is 1. The highest BCUT2D eigenvalue weighted by molar-refractivity contribution is 5.80. The normalized spacial score (nSPS) is 14.2. The zero-order chi connectivity index (χ0) is 15.1. The number of H-pyrrole nitrogens is 1. The van der Waals surface area contributed by atoms with Crippen molar-refractivity contribution in [3.63, 3.8) is 0 Å². The first-order valence-electron chi connectivity index (χ1n) is 7.27. The van der Waals surface area contributed by atoms with Crippen LogP contribution in [0.15, 0.2) is 36.5 Å². The first-order chi connectivity index (χ1) is 10.7. The van der Waals surface area contributed by atoms with Gasteiger partial charge in [-0.05, 0) is 49.2 Å². The summed E-state index contributed by atoms with van der Waals surface area (Å²) in [6.45, 7) is 2.87. The SMILES string of the molecule is Cc1nc(C2=CNCC2)c2nc(-c3ccc(F)cc3)cc-2[nH]1. The minimum Gasteiger partial charge on any atom is -0.390 e. The maximum atomic E-state index is 13.1. The molecule has 0 bridgehead atoms. The molecule has 0 atom stereocenters. The molecule has 0 radical (unpaired) electrons. The lowest BCUT2D eigenvalue weighted by molar-refractivity contribution is 0.628. The van der Waals surface area contributed by atoms with E-state index in [-0.39, 0.29) is 5.82 Å². The Morgan fingerprint density at radius 3 is 2.64 bits per heavy atom. The molecule has 0 spiro atoms. The monoisotopic (exact) mass is 294 g/mol. The van der Waals surface area contributed by atoms with Crippen LogP contribution in [0.2, 0.25) is 0 Å². The van der Waals surface area contributed by atoms with Crippen molar-refractivity contribution in [3.8, 4) is 22.6 Å². The van der Waals surface area contributed by atoms with E-state index < -0.39 is 0 Å². The maximum absolute atomic E-state index is 13.1. The van der Waals surface area contributed by atoms with E-state index in [0.717, 1.165) is 47.1 Å². The van der Waals surface area contributed by atoms with Crippen LogP contribution in [0.3, 0.4) is 0 Å². The Bertz CT molecular complexity index is 833. The third-order valence-electron chi connectivity index (χ3n) is 3.85. The average molecular weight is 294 g/mol. The van der Waals surface area contributed by atoms with Gasteiger partial charge >= 0.3 is 0 Å². The highest BCUT2D eigenvalue weighted by atomic mass is 19.1. The molecule has 0 aliphatic carbocycles. The number of hydrogen-bond donors (Lipinski definition) is 2. The largest absolute Gasteiger partial charge is 0.390 e. The summed E-state index contributed by atoms with van der Waals surface area (Å²) in [5.41, 5.74) is 5.63. The quantitative estimate of drug-likeness (QED) is 0.762. The number of fused-ring (bicyclic) bond motifs is 1. The topological polar surface area (TPSA) is 53.6 Å². The fourth-order valence-corrected chi connectivity index (χ4v) is 2.79. The smallest absolute Gasteiger partial charge is 0.123 e. The fourth-order valence-electron chi connectivity index (χ4n) is 2.79. The Morgan fingerprint density at radius 2 is 1.91 bits per heavy atom. The number of benzene rings is 1. The molecular weight excluding hydrogens is 279 g/mol. The van der Waals surface area contributed by atoms with Gasteiger partial charge in [-0.25, -0.2) is 14.4 Å². The summed E-state index contributed by atoms with van der Waals surface area (Å²) in [6.07, 6.45) is 2.96. The Hall–Kier alpha value is -2.69. The van der Waals surface area contributed by atoms with E-state index in [4.69, 9.17) is 4.98 Å². The lowest BCUT2D eigenvalue weighted by atomic mass is 10.1. The van der Waals surface area contributed by atoms with Crippen LogP contribution in [0.1, 0.15) is 17.9 Å². The zero-order valence-electron chi connectivity index (χ0n) is 12.2. The minimum absolute atomic E-state index is 0.244. The molecule has 22 heavy (non-hydrogen) atoms. The van der Waals surface area contributed by atoms with Crippen LogP contribution in [-0.2, 0) is 0 Å². The van der Waals surface area contributed by atoms with Gasteiger partial charge in [0.05, 0.1) is 17.1 Å². The van der Waals surface area contributed by atoms with Gasteiger partial charge in [-0.2, -0.15) is 0 Å². The number of aromatic amines is 1. The fraction of sp³-hybridized carbons (Fsp3) is 0.176. The van der Waals surface area contributed by atoms with Crippen molar-refractivity contribution in [3.05, 3.63) is 53.9 Å². The Labute approximate surface area is 127 Å². The van der Waals surface area contributed by atoms with Gasteiger partial charge in [-0.15, -0.1) is 0 Å². The summed E-state index contributed by atoms with van der Waals surface area (Å²) in [6, 6.07) is 8.38. The number of rotatable bonds is 2. The maximum Gasteiger partial charge on any atom is 0.123 e. The first-order valence-corrected chi connectivity index (χ1v) is 7.27. The van der Waals surface area contributed by atoms with Crippen LogP contribution >= 0.6 is 0 Å². The van der Waals surface area contributed by atoms with Crippen LogP contribution in [-0.4, -0.2) is 21.5 Å². The number of aryl methyl sites for hydroxylation is 1. The summed E-state index contributed by atoms with van der Waals surface area (Å²) >= 11 is 0. The molecule has 0 unspecified atom stereocenters. The van der Waals surface area contributed by atoms with Crippen molar-refractivity contribution in [1.82, 2.24) is 20.3 Å². The predicted molar refractivity (Wildman–Crippen MR) is 83.7 cm³/mol. The number of nitrogens with zero attached hydrogens (tertiary/aromatic N) is 2. The second kappa shape index (κ2) is 4.94. The van der Waals surface area contributed by atoms with Crippen molar-refractivity contribution >= 4 is 5.57 Å². The highest BCUT2D eigenvalue weighted by Gasteiger charge is 2.20. The van der Waals surface area contributed by atoms with Gasteiger partial charge in [0.25, 0.3) is 0 Å². The molecule has 2 N–H and O–H groups in total. The minimum atomic E-state index is -0.244. The second-order valence-electron chi connectivity index (χ2n) is 5.46. The molecule has 1 aromatic carbocycles. The van der Waals surface area contributed by atoms with E-state index in [1.165, 1.54) is 17.7 Å². The molecule has 0 saturated heterocycles. The standard InChI is InChI=1S/C17H15FN4/c1-10-20-15-8-14(11-2-4-13(18)5-3-11)22-17(15)16(21-10)12-6-7-19-9-12/h2-5,8-9,19H,6-7H2,1H3,(H,20,21). The van der Waals surface area contributed by atoms with Gasteiger partial charge in [0.15, 0.2) is 0 Å². The van der Waals surface area contributed by atoms with Gasteiger partial charge in [0.2, 0.25) is 0 Å². The molecule has 3 aliphatic heterocycles. The number of nitrogens with one attached hydrogen (secondary N) is 2. The summed E-state index contributed by atoms with van der Waals surface area (Å²) in [4.78, 5) is 12.6. The van der Waals surface area contributed by atoms with Crippen LogP contribution in [0.4, 0.5) is 4.39 Å². The first kappa shape index (κ1) is 13.0. The molecule has 4 rings (SSSR count). The summed E-state index contributed by atoms with van der Waals surface area (Å²) in [7, 11) is 0. The van der Waals surface area contributed by atoms with Crippen LogP contribution in [0, 0.1) is 12.7 Å². The van der Waals surface area contributed by atoms with E-state index >= 15 is 0 Å². The average Bonchev–Trinajstić information content (AvgIpc) is 3.16. The van der Waals surface area contributed by atoms with Crippen molar-refractivity contribution < 1.29 is 4.39 Å². The van der Waals surface area contributed by atoms with Crippen molar-refractivity contribution in [2.75, 3.05) is 6.54 Å². The van der Waals surface area contributed by atoms with Gasteiger partial charge < -0.3 is 10.3 Å². The van der Waals surface area contributed by atoms with E-state index in [1.54, 1.807) is 12.1 Å². The highest BCUT2D eigenvalue weighted by Crippen LogP contribution is 2.33. The summed E-state index contributed by atoms with van der Waals surface area (Å²) in [5, 5.41) is 3.22. The molecule has 5 heteroatoms. The molecule has 1 aromatic rings. The van der Waals surface area contributed by atoms with Crippen LogP contribution in [0.5, 0.6) is 0 Å². The van der Waals surface area contributed by atoms with Crippen molar-refractivity contribution in [2.45, 2.75) is 13.3 Å². The Morgan fingerprint density at radius 1 is 1.09 bits per heavy atom. The molecule has 110 valence electrons. The van der Waals surface area contributed by atoms with E-state index in [9.17, 15) is 4.39 Å². The number of aromatic nitrogens is 3. The van der Waals surface area contributed by atoms with E-state index in [0.29, 0.717) is 0 Å². The molecule has 3 heterocycles. The molecule has 0 aromatic heterocycles. The van der Waals surface area contributed by atoms with E-state index in [2.05, 4.69) is 15.3 Å². The lowest BCUT2D eigenvalue weighted by Crippen LogP contribution is -2.00. The van der Waals surface area contributed by atoms with Gasteiger partial charge in [0, 0.05) is 18.3 Å². The third-order valence-corrected chi connectivity index (χ3v) is 3.85.